The van der Waals surface area contributed by atoms with Gasteiger partial charge in [0, 0.05) is 18.3 Å². The van der Waals surface area contributed by atoms with Gasteiger partial charge >= 0.3 is 0 Å². The second kappa shape index (κ2) is 5.70. The number of rotatable bonds is 5. The Morgan fingerprint density at radius 1 is 1.35 bits per heavy atom. The van der Waals surface area contributed by atoms with E-state index in [1.54, 1.807) is 17.1 Å². The molecule has 90 valence electrons. The minimum absolute atomic E-state index is 0.476. The van der Waals surface area contributed by atoms with Gasteiger partial charge in [-0.2, -0.15) is 5.10 Å². The first-order valence-corrected chi connectivity index (χ1v) is 5.76. The first-order valence-electron chi connectivity index (χ1n) is 5.38. The van der Waals surface area contributed by atoms with E-state index in [2.05, 4.69) is 5.10 Å². The fraction of sp³-hybridized carbons (Fsp3) is 0.250. The summed E-state index contributed by atoms with van der Waals surface area (Å²) < 4.78 is 7.40. The topological polar surface area (TPSA) is 53.1 Å². The van der Waals surface area contributed by atoms with Crippen molar-refractivity contribution in [3.05, 3.63) is 47.2 Å². The third-order valence-electron chi connectivity index (χ3n) is 2.37. The second-order valence-corrected chi connectivity index (χ2v) is 4.02. The molecular formula is C12H14ClN3O. The maximum Gasteiger partial charge on any atom is 0.123 e. The predicted octanol–water partition coefficient (Wildman–Crippen LogP) is 2.07. The van der Waals surface area contributed by atoms with E-state index >= 15 is 0 Å². The SMILES string of the molecule is NCc1ccccc1OCCn1cc(Cl)cn1. The van der Waals surface area contributed by atoms with Crippen molar-refractivity contribution in [3.63, 3.8) is 0 Å². The van der Waals surface area contributed by atoms with Gasteiger partial charge in [0.05, 0.1) is 17.8 Å². The average molecular weight is 252 g/mol. The van der Waals surface area contributed by atoms with Crippen molar-refractivity contribution in [1.29, 1.82) is 0 Å². The lowest BCUT2D eigenvalue weighted by molar-refractivity contribution is 0.288. The molecule has 0 radical (unpaired) electrons. The van der Waals surface area contributed by atoms with Crippen molar-refractivity contribution >= 4 is 11.6 Å². The van der Waals surface area contributed by atoms with Crippen LogP contribution < -0.4 is 10.5 Å². The number of ether oxygens (including phenoxy) is 1. The molecule has 0 bridgehead atoms. The minimum Gasteiger partial charge on any atom is -0.491 e. The lowest BCUT2D eigenvalue weighted by atomic mass is 10.2. The molecule has 1 aromatic heterocycles. The monoisotopic (exact) mass is 251 g/mol. The number of aromatic nitrogens is 2. The molecule has 2 N–H and O–H groups in total. The molecule has 5 heteroatoms. The summed E-state index contributed by atoms with van der Waals surface area (Å²) in [6.07, 6.45) is 3.37. The normalized spacial score (nSPS) is 10.5. The molecule has 1 heterocycles. The third-order valence-corrected chi connectivity index (χ3v) is 2.57. The molecular weight excluding hydrogens is 238 g/mol. The van der Waals surface area contributed by atoms with Crippen molar-refractivity contribution in [2.24, 2.45) is 5.73 Å². The summed E-state index contributed by atoms with van der Waals surface area (Å²) in [5.74, 6) is 0.827. The van der Waals surface area contributed by atoms with Crippen LogP contribution in [0, 0.1) is 0 Å². The van der Waals surface area contributed by atoms with Gasteiger partial charge in [0.2, 0.25) is 0 Å². The molecule has 0 saturated heterocycles. The maximum atomic E-state index is 5.76. The lowest BCUT2D eigenvalue weighted by Gasteiger charge is -2.09. The van der Waals surface area contributed by atoms with Crippen molar-refractivity contribution in [1.82, 2.24) is 9.78 Å². The Bertz CT molecular complexity index is 484. The van der Waals surface area contributed by atoms with Gasteiger partial charge < -0.3 is 10.5 Å². The van der Waals surface area contributed by atoms with Crippen molar-refractivity contribution in [2.75, 3.05) is 6.61 Å². The molecule has 0 aliphatic carbocycles. The van der Waals surface area contributed by atoms with E-state index < -0.39 is 0 Å². The predicted molar refractivity (Wildman–Crippen MR) is 67.1 cm³/mol. The van der Waals surface area contributed by atoms with E-state index in [4.69, 9.17) is 22.1 Å². The zero-order valence-corrected chi connectivity index (χ0v) is 10.1. The van der Waals surface area contributed by atoms with Gasteiger partial charge in [-0.05, 0) is 6.07 Å². The van der Waals surface area contributed by atoms with Gasteiger partial charge in [-0.1, -0.05) is 29.8 Å². The van der Waals surface area contributed by atoms with Gasteiger partial charge in [-0.25, -0.2) is 0 Å². The number of benzene rings is 1. The van der Waals surface area contributed by atoms with E-state index in [1.165, 1.54) is 0 Å². The molecule has 2 rings (SSSR count). The highest BCUT2D eigenvalue weighted by molar-refractivity contribution is 6.30. The molecule has 17 heavy (non-hydrogen) atoms. The van der Waals surface area contributed by atoms with Crippen LogP contribution in [-0.2, 0) is 13.1 Å². The number of nitrogens with two attached hydrogens (primary N) is 1. The molecule has 0 fully saturated rings. The van der Waals surface area contributed by atoms with Crippen LogP contribution in [0.4, 0.5) is 0 Å². The Kier molecular flexibility index (Phi) is 4.01. The van der Waals surface area contributed by atoms with E-state index in [1.807, 2.05) is 24.3 Å². The Morgan fingerprint density at radius 3 is 2.88 bits per heavy atom. The number of hydrogen-bond acceptors (Lipinski definition) is 3. The van der Waals surface area contributed by atoms with Crippen LogP contribution in [0.2, 0.25) is 5.02 Å². The van der Waals surface area contributed by atoms with Gasteiger partial charge in [0.15, 0.2) is 0 Å². The Morgan fingerprint density at radius 2 is 2.18 bits per heavy atom. The Hall–Kier alpha value is -1.52. The van der Waals surface area contributed by atoms with Crippen molar-refractivity contribution in [3.8, 4) is 5.75 Å². The summed E-state index contributed by atoms with van der Waals surface area (Å²) in [6.45, 7) is 1.67. The smallest absolute Gasteiger partial charge is 0.123 e. The summed E-state index contributed by atoms with van der Waals surface area (Å²) in [5, 5.41) is 4.70. The first-order chi connectivity index (χ1) is 8.29. The molecule has 0 aliphatic rings. The highest BCUT2D eigenvalue weighted by Crippen LogP contribution is 2.16. The van der Waals surface area contributed by atoms with Crippen molar-refractivity contribution < 1.29 is 4.74 Å². The molecule has 0 amide bonds. The molecule has 4 nitrogen and oxygen atoms in total. The standard InChI is InChI=1S/C12H14ClN3O/c13-11-8-15-16(9-11)5-6-17-12-4-2-1-3-10(12)7-14/h1-4,8-9H,5-7,14H2. The molecule has 0 unspecified atom stereocenters. The van der Waals surface area contributed by atoms with Crippen LogP contribution in [0.1, 0.15) is 5.56 Å². The minimum atomic E-state index is 0.476. The summed E-state index contributed by atoms with van der Waals surface area (Å²) in [4.78, 5) is 0. The summed E-state index contributed by atoms with van der Waals surface area (Å²) >= 11 is 5.76. The fourth-order valence-corrected chi connectivity index (χ4v) is 1.68. The fourth-order valence-electron chi connectivity index (χ4n) is 1.52. The number of halogens is 1. The van der Waals surface area contributed by atoms with E-state index in [0.29, 0.717) is 24.7 Å². The highest BCUT2D eigenvalue weighted by atomic mass is 35.5. The highest BCUT2D eigenvalue weighted by Gasteiger charge is 2.01. The Balaban J connectivity index is 1.89. The van der Waals surface area contributed by atoms with Crippen LogP contribution >= 0.6 is 11.6 Å². The molecule has 0 aliphatic heterocycles. The zero-order valence-electron chi connectivity index (χ0n) is 9.34. The number of nitrogens with zero attached hydrogens (tertiary/aromatic N) is 2. The quantitative estimate of drug-likeness (QED) is 0.885. The first kappa shape index (κ1) is 12.0. The molecule has 1 aromatic carbocycles. The average Bonchev–Trinajstić information content (AvgIpc) is 2.76. The van der Waals surface area contributed by atoms with Crippen molar-refractivity contribution in [2.45, 2.75) is 13.1 Å². The third kappa shape index (κ3) is 3.22. The van der Waals surface area contributed by atoms with Crippen LogP contribution in [0.25, 0.3) is 0 Å². The summed E-state index contributed by atoms with van der Waals surface area (Å²) in [5.41, 5.74) is 6.63. The number of hydrogen-bond donors (Lipinski definition) is 1. The van der Waals surface area contributed by atoms with Gasteiger partial charge in [-0.15, -0.1) is 0 Å². The lowest BCUT2D eigenvalue weighted by Crippen LogP contribution is -2.10. The van der Waals surface area contributed by atoms with Crippen LogP contribution in [0.15, 0.2) is 36.7 Å². The van der Waals surface area contributed by atoms with Gasteiger partial charge in [0.1, 0.15) is 12.4 Å². The van der Waals surface area contributed by atoms with Crippen LogP contribution in [0.3, 0.4) is 0 Å². The summed E-state index contributed by atoms with van der Waals surface area (Å²) in [6, 6.07) is 7.75. The van der Waals surface area contributed by atoms with E-state index in [-0.39, 0.29) is 0 Å². The van der Waals surface area contributed by atoms with E-state index in [9.17, 15) is 0 Å². The second-order valence-electron chi connectivity index (χ2n) is 3.58. The zero-order chi connectivity index (χ0) is 12.1. The largest absolute Gasteiger partial charge is 0.491 e. The summed E-state index contributed by atoms with van der Waals surface area (Å²) in [7, 11) is 0. The van der Waals surface area contributed by atoms with Crippen LogP contribution in [0.5, 0.6) is 5.75 Å². The molecule has 0 spiro atoms. The molecule has 2 aromatic rings. The Labute approximate surface area is 105 Å². The number of para-hydroxylation sites is 1. The molecule has 0 atom stereocenters. The molecule has 0 saturated carbocycles. The van der Waals surface area contributed by atoms with Gasteiger partial charge in [-0.3, -0.25) is 4.68 Å². The van der Waals surface area contributed by atoms with Crippen LogP contribution in [-0.4, -0.2) is 16.4 Å². The van der Waals surface area contributed by atoms with Gasteiger partial charge in [0.25, 0.3) is 0 Å². The van der Waals surface area contributed by atoms with E-state index in [0.717, 1.165) is 11.3 Å². The maximum absolute atomic E-state index is 5.76.